The number of esters is 1. The first-order valence-electron chi connectivity index (χ1n) is 7.94. The number of hydrogen-bond acceptors (Lipinski definition) is 4. The topological polar surface area (TPSA) is 55.4 Å². The smallest absolute Gasteiger partial charge is 0.325 e. The zero-order valence-electron chi connectivity index (χ0n) is 14.2. The number of methoxy groups -OCH3 is 1. The van der Waals surface area contributed by atoms with Crippen LogP contribution in [0.25, 0.3) is 0 Å². The number of carbonyl (C=O) groups excluding carboxylic acids is 2. The van der Waals surface area contributed by atoms with Crippen LogP contribution in [0.4, 0.5) is 8.78 Å². The monoisotopic (exact) mass is 377 g/mol. The van der Waals surface area contributed by atoms with Crippen LogP contribution in [0.15, 0.2) is 47.4 Å². The number of ether oxygens (including phenoxy) is 1. The Morgan fingerprint density at radius 2 is 1.92 bits per heavy atom. The third-order valence-corrected chi connectivity index (χ3v) is 5.74. The van der Waals surface area contributed by atoms with E-state index in [1.54, 1.807) is 0 Å². The standard InChI is InChI=1S/C19H17F2NO3S/c1-11-3-6-13(7-4-11)26-19(18(24)25-2)10-16(23)22-17(19)14-8-5-12(20)9-15(14)21/h3-9,17H,10H2,1-2H3,(H,22,23)/t17-,19?/m1/s1. The Hall–Kier alpha value is -2.41. The summed E-state index contributed by atoms with van der Waals surface area (Å²) in [4.78, 5) is 25.6. The average Bonchev–Trinajstić information content (AvgIpc) is 2.93. The molecule has 1 N–H and O–H groups in total. The Balaban J connectivity index is 2.09. The Morgan fingerprint density at radius 3 is 2.54 bits per heavy atom. The van der Waals surface area contributed by atoms with Crippen LogP contribution in [0.2, 0.25) is 0 Å². The third-order valence-electron chi connectivity index (χ3n) is 4.32. The molecule has 0 saturated carbocycles. The molecule has 1 fully saturated rings. The van der Waals surface area contributed by atoms with E-state index in [2.05, 4.69) is 5.32 Å². The molecule has 0 bridgehead atoms. The lowest BCUT2D eigenvalue weighted by Gasteiger charge is -2.31. The lowest BCUT2D eigenvalue weighted by atomic mass is 9.92. The van der Waals surface area contributed by atoms with E-state index in [0.717, 1.165) is 34.4 Å². The molecular weight excluding hydrogens is 360 g/mol. The Labute approximate surface area is 153 Å². The maximum atomic E-state index is 14.4. The molecule has 3 rings (SSSR count). The minimum Gasteiger partial charge on any atom is -0.468 e. The van der Waals surface area contributed by atoms with Crippen molar-refractivity contribution in [3.63, 3.8) is 0 Å². The number of nitrogens with one attached hydrogen (secondary N) is 1. The number of benzene rings is 2. The van der Waals surface area contributed by atoms with Crippen LogP contribution in [-0.2, 0) is 14.3 Å². The van der Waals surface area contributed by atoms with Gasteiger partial charge >= 0.3 is 5.97 Å². The maximum Gasteiger partial charge on any atom is 0.325 e. The van der Waals surface area contributed by atoms with Crippen LogP contribution in [0.3, 0.4) is 0 Å². The van der Waals surface area contributed by atoms with Gasteiger partial charge in [-0.3, -0.25) is 9.59 Å². The van der Waals surface area contributed by atoms with Crippen LogP contribution in [0.5, 0.6) is 0 Å². The molecule has 0 radical (unpaired) electrons. The number of thioether (sulfide) groups is 1. The van der Waals surface area contributed by atoms with E-state index in [-0.39, 0.29) is 12.0 Å². The number of aryl methyl sites for hydroxylation is 1. The van der Waals surface area contributed by atoms with Crippen LogP contribution >= 0.6 is 11.8 Å². The second-order valence-electron chi connectivity index (χ2n) is 6.14. The van der Waals surface area contributed by atoms with Gasteiger partial charge in [-0.2, -0.15) is 0 Å². The van der Waals surface area contributed by atoms with Gasteiger partial charge in [0.05, 0.1) is 19.6 Å². The van der Waals surface area contributed by atoms with Crippen LogP contribution in [0.1, 0.15) is 23.6 Å². The molecule has 2 atom stereocenters. The van der Waals surface area contributed by atoms with Crippen molar-refractivity contribution in [2.45, 2.75) is 29.0 Å². The summed E-state index contributed by atoms with van der Waals surface area (Å²) in [6.45, 7) is 1.93. The minimum absolute atomic E-state index is 0.0438. The molecule has 1 aliphatic rings. The SMILES string of the molecule is COC(=O)C1(Sc2ccc(C)cc2)CC(=O)N[C@@H]1c1ccc(F)cc1F. The molecular formula is C19H17F2NO3S. The van der Waals surface area contributed by atoms with Gasteiger partial charge in [0.1, 0.15) is 11.6 Å². The van der Waals surface area contributed by atoms with E-state index in [0.29, 0.717) is 0 Å². The van der Waals surface area contributed by atoms with Crippen molar-refractivity contribution in [2.24, 2.45) is 0 Å². The molecule has 1 heterocycles. The van der Waals surface area contributed by atoms with Crippen LogP contribution in [0, 0.1) is 18.6 Å². The quantitative estimate of drug-likeness (QED) is 0.828. The van der Waals surface area contributed by atoms with Gasteiger partial charge in [0, 0.05) is 16.5 Å². The average molecular weight is 377 g/mol. The molecule has 2 aromatic carbocycles. The van der Waals surface area contributed by atoms with Crippen LogP contribution in [-0.4, -0.2) is 23.7 Å². The summed E-state index contributed by atoms with van der Waals surface area (Å²) in [6, 6.07) is 9.51. The van der Waals surface area contributed by atoms with Gasteiger partial charge in [0.2, 0.25) is 5.91 Å². The van der Waals surface area contributed by atoms with Gasteiger partial charge in [0.25, 0.3) is 0 Å². The first-order valence-corrected chi connectivity index (χ1v) is 8.76. The molecule has 0 aromatic heterocycles. The van der Waals surface area contributed by atoms with Crippen molar-refractivity contribution >= 4 is 23.6 Å². The predicted molar refractivity (Wildman–Crippen MR) is 93.6 cm³/mol. The molecule has 1 saturated heterocycles. The zero-order chi connectivity index (χ0) is 18.9. The highest BCUT2D eigenvalue weighted by Crippen LogP contribution is 2.49. The highest BCUT2D eigenvalue weighted by Gasteiger charge is 2.56. The van der Waals surface area contributed by atoms with E-state index >= 15 is 0 Å². The van der Waals surface area contributed by atoms with Gasteiger partial charge in [0.15, 0.2) is 4.75 Å². The number of carbonyl (C=O) groups is 2. The predicted octanol–water partition coefficient (Wildman–Crippen LogP) is 3.54. The molecule has 136 valence electrons. The van der Waals surface area contributed by atoms with Crippen molar-refractivity contribution in [3.05, 3.63) is 65.2 Å². The number of rotatable bonds is 4. The molecule has 7 heteroatoms. The fourth-order valence-electron chi connectivity index (χ4n) is 3.05. The Kier molecular flexibility index (Phi) is 5.00. The molecule has 1 amide bonds. The summed E-state index contributed by atoms with van der Waals surface area (Å²) in [5.41, 5.74) is 1.09. The van der Waals surface area contributed by atoms with Gasteiger partial charge in [-0.25, -0.2) is 8.78 Å². The molecule has 1 unspecified atom stereocenters. The van der Waals surface area contributed by atoms with E-state index in [9.17, 15) is 18.4 Å². The fourth-order valence-corrected chi connectivity index (χ4v) is 4.42. The molecule has 4 nitrogen and oxygen atoms in total. The van der Waals surface area contributed by atoms with Crippen molar-refractivity contribution in [2.75, 3.05) is 7.11 Å². The largest absolute Gasteiger partial charge is 0.468 e. The Bertz CT molecular complexity index is 856. The summed E-state index contributed by atoms with van der Waals surface area (Å²) in [6.07, 6.45) is -0.167. The summed E-state index contributed by atoms with van der Waals surface area (Å²) in [5, 5.41) is 2.65. The van der Waals surface area contributed by atoms with E-state index in [1.165, 1.54) is 13.2 Å². The molecule has 0 spiro atoms. The van der Waals surface area contributed by atoms with E-state index in [4.69, 9.17) is 4.74 Å². The van der Waals surface area contributed by atoms with Crippen molar-refractivity contribution < 1.29 is 23.1 Å². The number of hydrogen-bond donors (Lipinski definition) is 1. The first-order chi connectivity index (χ1) is 12.4. The van der Waals surface area contributed by atoms with Gasteiger partial charge < -0.3 is 10.1 Å². The lowest BCUT2D eigenvalue weighted by molar-refractivity contribution is -0.144. The Morgan fingerprint density at radius 1 is 1.23 bits per heavy atom. The molecule has 26 heavy (non-hydrogen) atoms. The minimum atomic E-state index is -1.39. The van der Waals surface area contributed by atoms with Crippen molar-refractivity contribution in [1.29, 1.82) is 0 Å². The lowest BCUT2D eigenvalue weighted by Crippen LogP contribution is -2.41. The summed E-state index contributed by atoms with van der Waals surface area (Å²) in [5.74, 6) is -2.60. The second-order valence-corrected chi connectivity index (χ2v) is 7.54. The summed E-state index contributed by atoms with van der Waals surface area (Å²) < 4.78 is 31.2. The third kappa shape index (κ3) is 3.31. The maximum absolute atomic E-state index is 14.4. The van der Waals surface area contributed by atoms with Gasteiger partial charge in [-0.15, -0.1) is 11.8 Å². The second kappa shape index (κ2) is 7.07. The highest BCUT2D eigenvalue weighted by atomic mass is 32.2. The normalized spacial score (nSPS) is 22.2. The molecule has 2 aromatic rings. The molecule has 1 aliphatic heterocycles. The van der Waals surface area contributed by atoms with Crippen molar-refractivity contribution in [3.8, 4) is 0 Å². The van der Waals surface area contributed by atoms with E-state index < -0.39 is 34.3 Å². The summed E-state index contributed by atoms with van der Waals surface area (Å²) >= 11 is 1.14. The number of halogens is 2. The van der Waals surface area contributed by atoms with Crippen molar-refractivity contribution in [1.82, 2.24) is 5.32 Å². The number of amides is 1. The highest BCUT2D eigenvalue weighted by molar-refractivity contribution is 8.01. The fraction of sp³-hybridized carbons (Fsp3) is 0.263. The van der Waals surface area contributed by atoms with Gasteiger partial charge in [-0.1, -0.05) is 23.8 Å². The zero-order valence-corrected chi connectivity index (χ0v) is 15.0. The first kappa shape index (κ1) is 18.4. The van der Waals surface area contributed by atoms with Gasteiger partial charge in [-0.05, 0) is 25.1 Å². The van der Waals surface area contributed by atoms with E-state index in [1.807, 2.05) is 31.2 Å². The van der Waals surface area contributed by atoms with Crippen LogP contribution < -0.4 is 5.32 Å². The molecule has 0 aliphatic carbocycles. The summed E-state index contributed by atoms with van der Waals surface area (Å²) in [7, 11) is 1.22.